The number of hydrogen-bond donors (Lipinski definition) is 0. The highest BCUT2D eigenvalue weighted by molar-refractivity contribution is 7.19. The number of nitrogens with zero attached hydrogens (tertiary/aromatic N) is 4. The van der Waals surface area contributed by atoms with Gasteiger partial charge in [-0.2, -0.15) is 0 Å². The number of amides is 1. The summed E-state index contributed by atoms with van der Waals surface area (Å²) < 4.78 is 0. The van der Waals surface area contributed by atoms with Crippen LogP contribution in [0.25, 0.3) is 10.2 Å². The second-order valence-corrected chi connectivity index (χ2v) is 10.9. The molecule has 1 saturated heterocycles. The summed E-state index contributed by atoms with van der Waals surface area (Å²) in [7, 11) is 0. The first kappa shape index (κ1) is 19.9. The molecule has 0 bridgehead atoms. The average Bonchev–Trinajstić information content (AvgIpc) is 3.40. The standard InChI is InChI=1S/C23H28N4OS2/c1-14(2)20-24-21(19-16-7-6-15(3)13-18(16)30-22(19)25-20)26-8-10-27(11-9-26)23(28)17-5-4-12-29-17/h4-5,12,14-15H,6-11,13H2,1-3H3/t15-/m1/s1. The highest BCUT2D eigenvalue weighted by Crippen LogP contribution is 2.41. The van der Waals surface area contributed by atoms with Gasteiger partial charge in [0, 0.05) is 37.0 Å². The van der Waals surface area contributed by atoms with E-state index in [-0.39, 0.29) is 5.91 Å². The number of thiophene rings is 2. The lowest BCUT2D eigenvalue weighted by Crippen LogP contribution is -2.49. The van der Waals surface area contributed by atoms with Crippen LogP contribution in [0.4, 0.5) is 5.82 Å². The zero-order valence-electron chi connectivity index (χ0n) is 17.9. The van der Waals surface area contributed by atoms with Crippen LogP contribution in [0.1, 0.15) is 59.0 Å². The number of rotatable bonds is 3. The van der Waals surface area contributed by atoms with Gasteiger partial charge in [-0.1, -0.05) is 26.8 Å². The lowest BCUT2D eigenvalue weighted by molar-refractivity contribution is 0.0751. The first-order valence-electron chi connectivity index (χ1n) is 10.9. The molecule has 1 fully saturated rings. The quantitative estimate of drug-likeness (QED) is 0.577. The molecule has 1 amide bonds. The molecular formula is C23H28N4OS2. The van der Waals surface area contributed by atoms with Crippen LogP contribution < -0.4 is 4.90 Å². The van der Waals surface area contributed by atoms with Crippen molar-refractivity contribution in [3.63, 3.8) is 0 Å². The van der Waals surface area contributed by atoms with E-state index in [4.69, 9.17) is 9.97 Å². The Morgan fingerprint density at radius 2 is 2.00 bits per heavy atom. The zero-order chi connectivity index (χ0) is 20.8. The molecule has 158 valence electrons. The fraction of sp³-hybridized carbons (Fsp3) is 0.522. The van der Waals surface area contributed by atoms with Gasteiger partial charge < -0.3 is 9.80 Å². The van der Waals surface area contributed by atoms with Crippen molar-refractivity contribution in [2.45, 2.75) is 46.0 Å². The summed E-state index contributed by atoms with van der Waals surface area (Å²) in [4.78, 5) is 30.6. The van der Waals surface area contributed by atoms with Gasteiger partial charge in [0.15, 0.2) is 0 Å². The molecule has 0 aromatic carbocycles. The maximum Gasteiger partial charge on any atom is 0.264 e. The van der Waals surface area contributed by atoms with Gasteiger partial charge in [-0.25, -0.2) is 9.97 Å². The van der Waals surface area contributed by atoms with Gasteiger partial charge in [-0.3, -0.25) is 4.79 Å². The normalized spacial score (nSPS) is 19.5. The Morgan fingerprint density at radius 1 is 1.20 bits per heavy atom. The first-order valence-corrected chi connectivity index (χ1v) is 12.6. The van der Waals surface area contributed by atoms with Crippen LogP contribution in [0.15, 0.2) is 17.5 Å². The lowest BCUT2D eigenvalue weighted by atomic mass is 9.89. The zero-order valence-corrected chi connectivity index (χ0v) is 19.5. The number of carbonyl (C=O) groups excluding carboxylic acids is 1. The van der Waals surface area contributed by atoms with Crippen molar-refractivity contribution >= 4 is 44.6 Å². The molecular weight excluding hydrogens is 412 g/mol. The number of piperazine rings is 1. The van der Waals surface area contributed by atoms with Gasteiger partial charge in [-0.05, 0) is 42.2 Å². The molecule has 2 aliphatic rings. The van der Waals surface area contributed by atoms with E-state index in [0.717, 1.165) is 66.3 Å². The fourth-order valence-corrected chi connectivity index (χ4v) is 6.58. The van der Waals surface area contributed by atoms with Crippen LogP contribution in [0.3, 0.4) is 0 Å². The number of aryl methyl sites for hydroxylation is 1. The van der Waals surface area contributed by atoms with Crippen LogP contribution in [0.2, 0.25) is 0 Å². The molecule has 7 heteroatoms. The number of hydrogen-bond acceptors (Lipinski definition) is 6. The molecule has 3 aromatic heterocycles. The molecule has 1 aliphatic heterocycles. The molecule has 1 atom stereocenters. The van der Waals surface area contributed by atoms with E-state index in [9.17, 15) is 4.79 Å². The van der Waals surface area contributed by atoms with Crippen molar-refractivity contribution in [1.82, 2.24) is 14.9 Å². The SMILES string of the molecule is CC(C)c1nc(N2CCN(C(=O)c3cccs3)CC2)c2c3c(sc2n1)C[C@H](C)CC3. The monoisotopic (exact) mass is 440 g/mol. The van der Waals surface area contributed by atoms with Crippen molar-refractivity contribution < 1.29 is 4.79 Å². The largest absolute Gasteiger partial charge is 0.352 e. The summed E-state index contributed by atoms with van der Waals surface area (Å²) >= 11 is 3.40. The molecule has 1 aliphatic carbocycles. The summed E-state index contributed by atoms with van der Waals surface area (Å²) in [5.41, 5.74) is 1.48. The van der Waals surface area contributed by atoms with Crippen LogP contribution in [0.5, 0.6) is 0 Å². The van der Waals surface area contributed by atoms with E-state index in [0.29, 0.717) is 5.92 Å². The van der Waals surface area contributed by atoms with Gasteiger partial charge >= 0.3 is 0 Å². The van der Waals surface area contributed by atoms with E-state index >= 15 is 0 Å². The molecule has 4 heterocycles. The minimum Gasteiger partial charge on any atom is -0.352 e. The third-order valence-electron chi connectivity index (χ3n) is 6.27. The number of carbonyl (C=O) groups is 1. The van der Waals surface area contributed by atoms with E-state index in [1.807, 2.05) is 33.7 Å². The number of anilines is 1. The summed E-state index contributed by atoms with van der Waals surface area (Å²) in [6.07, 6.45) is 3.54. The minimum absolute atomic E-state index is 0.155. The second-order valence-electron chi connectivity index (χ2n) is 8.85. The van der Waals surface area contributed by atoms with Crippen molar-refractivity contribution in [1.29, 1.82) is 0 Å². The first-order chi connectivity index (χ1) is 14.5. The Bertz CT molecular complexity index is 1060. The van der Waals surface area contributed by atoms with Crippen molar-refractivity contribution in [2.24, 2.45) is 5.92 Å². The molecule has 0 N–H and O–H groups in total. The minimum atomic E-state index is 0.155. The highest BCUT2D eigenvalue weighted by Gasteiger charge is 2.29. The molecule has 0 unspecified atom stereocenters. The Kier molecular flexibility index (Phi) is 5.27. The van der Waals surface area contributed by atoms with E-state index < -0.39 is 0 Å². The Morgan fingerprint density at radius 3 is 2.70 bits per heavy atom. The van der Waals surface area contributed by atoms with Crippen molar-refractivity contribution in [3.8, 4) is 0 Å². The van der Waals surface area contributed by atoms with Gasteiger partial charge in [-0.15, -0.1) is 22.7 Å². The van der Waals surface area contributed by atoms with Crippen molar-refractivity contribution in [3.05, 3.63) is 38.7 Å². The smallest absolute Gasteiger partial charge is 0.264 e. The Hall–Kier alpha value is -1.99. The summed E-state index contributed by atoms with van der Waals surface area (Å²) in [5.74, 6) is 3.23. The van der Waals surface area contributed by atoms with Crippen LogP contribution in [-0.4, -0.2) is 47.0 Å². The molecule has 5 nitrogen and oxygen atoms in total. The highest BCUT2D eigenvalue weighted by atomic mass is 32.1. The fourth-order valence-electron chi connectivity index (χ4n) is 4.50. The third kappa shape index (κ3) is 3.52. The third-order valence-corrected chi connectivity index (χ3v) is 8.27. The molecule has 0 radical (unpaired) electrons. The number of fused-ring (bicyclic) bond motifs is 3. The maximum absolute atomic E-state index is 12.7. The molecule has 3 aromatic rings. The molecule has 0 saturated carbocycles. The van der Waals surface area contributed by atoms with E-state index in [1.165, 1.54) is 33.6 Å². The van der Waals surface area contributed by atoms with Gasteiger partial charge in [0.1, 0.15) is 16.5 Å². The maximum atomic E-state index is 12.7. The Labute approximate surface area is 185 Å². The predicted octanol–water partition coefficient (Wildman–Crippen LogP) is 4.96. The second kappa shape index (κ2) is 7.93. The predicted molar refractivity (Wildman–Crippen MR) is 125 cm³/mol. The van der Waals surface area contributed by atoms with Gasteiger partial charge in [0.05, 0.1) is 10.3 Å². The van der Waals surface area contributed by atoms with Crippen LogP contribution in [0, 0.1) is 5.92 Å². The summed E-state index contributed by atoms with van der Waals surface area (Å²) in [5, 5.41) is 3.25. The summed E-state index contributed by atoms with van der Waals surface area (Å²) in [6, 6.07) is 3.86. The van der Waals surface area contributed by atoms with Crippen LogP contribution in [-0.2, 0) is 12.8 Å². The van der Waals surface area contributed by atoms with Crippen molar-refractivity contribution in [2.75, 3.05) is 31.1 Å². The lowest BCUT2D eigenvalue weighted by Gasteiger charge is -2.36. The molecule has 5 rings (SSSR count). The topological polar surface area (TPSA) is 49.3 Å². The van der Waals surface area contributed by atoms with E-state index in [1.54, 1.807) is 0 Å². The van der Waals surface area contributed by atoms with Gasteiger partial charge in [0.25, 0.3) is 5.91 Å². The summed E-state index contributed by atoms with van der Waals surface area (Å²) in [6.45, 7) is 9.80. The van der Waals surface area contributed by atoms with Gasteiger partial charge in [0.2, 0.25) is 0 Å². The molecule has 0 spiro atoms. The molecule has 30 heavy (non-hydrogen) atoms. The Balaban J connectivity index is 1.47. The number of aromatic nitrogens is 2. The average molecular weight is 441 g/mol. The van der Waals surface area contributed by atoms with Crippen LogP contribution >= 0.6 is 22.7 Å². The van der Waals surface area contributed by atoms with E-state index in [2.05, 4.69) is 25.7 Å².